The normalized spacial score (nSPS) is 16.6. The molecule has 8 heteroatoms. The Bertz CT molecular complexity index is 884. The summed E-state index contributed by atoms with van der Waals surface area (Å²) in [7, 11) is -3.52. The van der Waals surface area contributed by atoms with E-state index in [1.54, 1.807) is 48.7 Å². The average molecular weight is 409 g/mol. The molecule has 0 unspecified atom stereocenters. The third kappa shape index (κ3) is 5.45. The SMILES string of the molecule is O=C(NCc1ccco1)C1CCN(S(=O)(=O)/C=C/c2ccc(Cl)cc2)CC1. The number of amides is 1. The molecule has 3 rings (SSSR count). The molecule has 0 atom stereocenters. The Morgan fingerprint density at radius 3 is 2.56 bits per heavy atom. The molecule has 0 spiro atoms. The molecule has 144 valence electrons. The second-order valence-corrected chi connectivity index (χ2v) is 8.62. The van der Waals surface area contributed by atoms with Crippen LogP contribution in [0.1, 0.15) is 24.2 Å². The van der Waals surface area contributed by atoms with Crippen molar-refractivity contribution in [2.45, 2.75) is 19.4 Å². The average Bonchev–Trinajstić information content (AvgIpc) is 3.19. The summed E-state index contributed by atoms with van der Waals surface area (Å²) in [5.74, 6) is 0.433. The number of benzene rings is 1. The number of halogens is 1. The number of furan rings is 1. The van der Waals surface area contributed by atoms with Crippen LogP contribution in [0.3, 0.4) is 0 Å². The van der Waals surface area contributed by atoms with Crippen molar-refractivity contribution in [3.05, 3.63) is 64.4 Å². The fourth-order valence-corrected chi connectivity index (χ4v) is 4.28. The van der Waals surface area contributed by atoms with Crippen LogP contribution >= 0.6 is 11.6 Å². The van der Waals surface area contributed by atoms with Gasteiger partial charge in [-0.15, -0.1) is 0 Å². The molecular weight excluding hydrogens is 388 g/mol. The van der Waals surface area contributed by atoms with Crippen molar-refractivity contribution in [3.8, 4) is 0 Å². The number of piperidine rings is 1. The molecule has 2 heterocycles. The highest BCUT2D eigenvalue weighted by molar-refractivity contribution is 7.92. The second-order valence-electron chi connectivity index (χ2n) is 6.37. The van der Waals surface area contributed by atoms with Crippen molar-refractivity contribution in [2.24, 2.45) is 5.92 Å². The van der Waals surface area contributed by atoms with Crippen molar-refractivity contribution in [3.63, 3.8) is 0 Å². The maximum absolute atomic E-state index is 12.5. The lowest BCUT2D eigenvalue weighted by atomic mass is 9.97. The minimum atomic E-state index is -3.52. The monoisotopic (exact) mass is 408 g/mol. The van der Waals surface area contributed by atoms with Crippen LogP contribution in [0.25, 0.3) is 6.08 Å². The smallest absolute Gasteiger partial charge is 0.236 e. The predicted molar refractivity (Wildman–Crippen MR) is 104 cm³/mol. The molecule has 2 aromatic rings. The van der Waals surface area contributed by atoms with E-state index in [-0.39, 0.29) is 11.8 Å². The molecule has 1 saturated heterocycles. The minimum absolute atomic E-state index is 0.0693. The Balaban J connectivity index is 1.51. The van der Waals surface area contributed by atoms with Gasteiger partial charge in [-0.2, -0.15) is 4.31 Å². The summed E-state index contributed by atoms with van der Waals surface area (Å²) in [4.78, 5) is 12.2. The van der Waals surface area contributed by atoms with Crippen LogP contribution in [0, 0.1) is 5.92 Å². The van der Waals surface area contributed by atoms with Crippen molar-refractivity contribution in [1.82, 2.24) is 9.62 Å². The van der Waals surface area contributed by atoms with Crippen molar-refractivity contribution >= 4 is 33.6 Å². The maximum atomic E-state index is 12.5. The van der Waals surface area contributed by atoms with Gasteiger partial charge in [0.15, 0.2) is 0 Å². The lowest BCUT2D eigenvalue weighted by molar-refractivity contribution is -0.126. The zero-order valence-electron chi connectivity index (χ0n) is 14.7. The summed E-state index contributed by atoms with van der Waals surface area (Å²) >= 11 is 5.83. The lowest BCUT2D eigenvalue weighted by Gasteiger charge is -2.29. The van der Waals surface area contributed by atoms with Crippen molar-refractivity contribution < 1.29 is 17.6 Å². The first kappa shape index (κ1) is 19.7. The van der Waals surface area contributed by atoms with E-state index in [1.165, 1.54) is 9.71 Å². The van der Waals surface area contributed by atoms with Crippen LogP contribution in [0.5, 0.6) is 0 Å². The number of carbonyl (C=O) groups excluding carboxylic acids is 1. The van der Waals surface area contributed by atoms with Gasteiger partial charge in [-0.05, 0) is 48.7 Å². The van der Waals surface area contributed by atoms with Gasteiger partial charge in [-0.25, -0.2) is 8.42 Å². The first-order chi connectivity index (χ1) is 12.9. The zero-order chi connectivity index (χ0) is 19.3. The fraction of sp³-hybridized carbons (Fsp3) is 0.316. The highest BCUT2D eigenvalue weighted by Gasteiger charge is 2.29. The number of rotatable bonds is 6. The number of carbonyl (C=O) groups is 1. The van der Waals surface area contributed by atoms with Crippen LogP contribution in [0.2, 0.25) is 5.02 Å². The van der Waals surface area contributed by atoms with Crippen LogP contribution in [0.15, 0.2) is 52.5 Å². The molecule has 1 N–H and O–H groups in total. The molecule has 1 aliphatic rings. The molecular formula is C19H21ClN2O4S. The summed E-state index contributed by atoms with van der Waals surface area (Å²) in [5.41, 5.74) is 0.759. The van der Waals surface area contributed by atoms with Crippen LogP contribution in [0.4, 0.5) is 0 Å². The van der Waals surface area contributed by atoms with E-state index in [0.29, 0.717) is 43.3 Å². The van der Waals surface area contributed by atoms with Gasteiger partial charge >= 0.3 is 0 Å². The third-order valence-electron chi connectivity index (χ3n) is 4.50. The number of nitrogens with one attached hydrogen (secondary N) is 1. The van der Waals surface area contributed by atoms with E-state index < -0.39 is 10.0 Å². The van der Waals surface area contributed by atoms with Crippen molar-refractivity contribution in [2.75, 3.05) is 13.1 Å². The molecule has 0 bridgehead atoms. The molecule has 1 fully saturated rings. The van der Waals surface area contributed by atoms with E-state index in [0.717, 1.165) is 5.56 Å². The van der Waals surface area contributed by atoms with Gasteiger partial charge in [-0.3, -0.25) is 4.79 Å². The van der Waals surface area contributed by atoms with Gasteiger partial charge in [0.25, 0.3) is 0 Å². The molecule has 27 heavy (non-hydrogen) atoms. The Labute approximate surface area is 163 Å². The fourth-order valence-electron chi connectivity index (χ4n) is 2.93. The van der Waals surface area contributed by atoms with Crippen molar-refractivity contribution in [1.29, 1.82) is 0 Å². The number of nitrogens with zero attached hydrogens (tertiary/aromatic N) is 1. The Hall–Kier alpha value is -2.09. The van der Waals surface area contributed by atoms with Crippen LogP contribution in [-0.2, 0) is 21.4 Å². The van der Waals surface area contributed by atoms with Gasteiger partial charge in [0.2, 0.25) is 15.9 Å². The topological polar surface area (TPSA) is 79.6 Å². The van der Waals surface area contributed by atoms with Gasteiger partial charge < -0.3 is 9.73 Å². The number of hydrogen-bond donors (Lipinski definition) is 1. The summed E-state index contributed by atoms with van der Waals surface area (Å²) in [5, 5.41) is 4.64. The highest BCUT2D eigenvalue weighted by atomic mass is 35.5. The zero-order valence-corrected chi connectivity index (χ0v) is 16.2. The van der Waals surface area contributed by atoms with Gasteiger partial charge in [-0.1, -0.05) is 23.7 Å². The molecule has 1 aliphatic heterocycles. The van der Waals surface area contributed by atoms with Crippen LogP contribution in [-0.4, -0.2) is 31.7 Å². The lowest BCUT2D eigenvalue weighted by Crippen LogP contribution is -2.42. The van der Waals surface area contributed by atoms with E-state index in [2.05, 4.69) is 5.32 Å². The van der Waals surface area contributed by atoms with E-state index in [9.17, 15) is 13.2 Å². The summed E-state index contributed by atoms with van der Waals surface area (Å²) in [6.07, 6.45) is 4.10. The number of hydrogen-bond acceptors (Lipinski definition) is 4. The summed E-state index contributed by atoms with van der Waals surface area (Å²) in [6, 6.07) is 10.5. The standard InChI is InChI=1S/C19H21ClN2O4S/c20-17-5-3-15(4-6-17)9-13-27(24,25)22-10-7-16(8-11-22)19(23)21-14-18-2-1-12-26-18/h1-6,9,12-13,16H,7-8,10-11,14H2,(H,21,23)/b13-9+. The Kier molecular flexibility index (Phi) is 6.36. The molecule has 1 amide bonds. The van der Waals surface area contributed by atoms with Gasteiger partial charge in [0, 0.05) is 29.4 Å². The molecule has 0 aliphatic carbocycles. The second kappa shape index (κ2) is 8.73. The highest BCUT2D eigenvalue weighted by Crippen LogP contribution is 2.21. The summed E-state index contributed by atoms with van der Waals surface area (Å²) in [6.45, 7) is 0.992. The van der Waals surface area contributed by atoms with E-state index in [4.69, 9.17) is 16.0 Å². The van der Waals surface area contributed by atoms with E-state index in [1.807, 2.05) is 0 Å². The first-order valence-corrected chi connectivity index (χ1v) is 10.6. The molecule has 0 saturated carbocycles. The molecule has 1 aromatic carbocycles. The first-order valence-electron chi connectivity index (χ1n) is 8.68. The predicted octanol–water partition coefficient (Wildman–Crippen LogP) is 3.26. The maximum Gasteiger partial charge on any atom is 0.236 e. The quantitative estimate of drug-likeness (QED) is 0.795. The van der Waals surface area contributed by atoms with Crippen LogP contribution < -0.4 is 5.32 Å². The molecule has 0 radical (unpaired) electrons. The van der Waals surface area contributed by atoms with Gasteiger partial charge in [0.05, 0.1) is 12.8 Å². The molecule has 1 aromatic heterocycles. The largest absolute Gasteiger partial charge is 0.467 e. The van der Waals surface area contributed by atoms with E-state index >= 15 is 0 Å². The molecule has 6 nitrogen and oxygen atoms in total. The Morgan fingerprint density at radius 1 is 1.22 bits per heavy atom. The number of sulfonamides is 1. The Morgan fingerprint density at radius 2 is 1.93 bits per heavy atom. The minimum Gasteiger partial charge on any atom is -0.467 e. The summed E-state index contributed by atoms with van der Waals surface area (Å²) < 4.78 is 31.6. The third-order valence-corrected chi connectivity index (χ3v) is 6.32. The van der Waals surface area contributed by atoms with Gasteiger partial charge in [0.1, 0.15) is 5.76 Å².